The van der Waals surface area contributed by atoms with E-state index in [-0.39, 0.29) is 10.6 Å². The quantitative estimate of drug-likeness (QED) is 0.895. The van der Waals surface area contributed by atoms with Crippen LogP contribution >= 0.6 is 11.6 Å². The van der Waals surface area contributed by atoms with Crippen LogP contribution in [-0.4, -0.2) is 27.9 Å². The van der Waals surface area contributed by atoms with Crippen LogP contribution in [0.2, 0.25) is 5.02 Å². The first kappa shape index (κ1) is 14.9. The number of hydrogen-bond donors (Lipinski definition) is 2. The summed E-state index contributed by atoms with van der Waals surface area (Å²) in [4.78, 5) is 12.2. The van der Waals surface area contributed by atoms with Gasteiger partial charge in [-0.25, -0.2) is 4.68 Å². The fourth-order valence-electron chi connectivity index (χ4n) is 3.44. The lowest BCUT2D eigenvalue weighted by atomic mass is 10.00. The molecule has 116 valence electrons. The second kappa shape index (κ2) is 5.97. The van der Waals surface area contributed by atoms with Crippen molar-refractivity contribution in [3.05, 3.63) is 21.6 Å². The van der Waals surface area contributed by atoms with Gasteiger partial charge in [0.15, 0.2) is 0 Å². The fourth-order valence-corrected chi connectivity index (χ4v) is 3.64. The SMILES string of the molecule is CC(C)Cn1ncc(NC2CC3CCC(C2)N3)c(Cl)c1=O. The Labute approximate surface area is 130 Å². The molecule has 1 aromatic heterocycles. The Bertz CT molecular complexity index is 559. The van der Waals surface area contributed by atoms with Crippen LogP contribution in [0, 0.1) is 5.92 Å². The van der Waals surface area contributed by atoms with Crippen molar-refractivity contribution in [1.29, 1.82) is 0 Å². The summed E-state index contributed by atoms with van der Waals surface area (Å²) in [6.07, 6.45) is 6.37. The highest BCUT2D eigenvalue weighted by Crippen LogP contribution is 2.29. The number of aromatic nitrogens is 2. The minimum absolute atomic E-state index is 0.202. The summed E-state index contributed by atoms with van der Waals surface area (Å²) in [5.74, 6) is 0.366. The van der Waals surface area contributed by atoms with Crippen LogP contribution in [0.1, 0.15) is 39.5 Å². The van der Waals surface area contributed by atoms with Crippen LogP contribution in [0.25, 0.3) is 0 Å². The summed E-state index contributed by atoms with van der Waals surface area (Å²) in [6.45, 7) is 4.70. The molecule has 0 aromatic carbocycles. The number of fused-ring (bicyclic) bond motifs is 2. The maximum absolute atomic E-state index is 12.2. The fraction of sp³-hybridized carbons (Fsp3) is 0.733. The number of anilines is 1. The van der Waals surface area contributed by atoms with E-state index in [9.17, 15) is 4.79 Å². The predicted molar refractivity (Wildman–Crippen MR) is 84.9 cm³/mol. The van der Waals surface area contributed by atoms with Crippen molar-refractivity contribution in [2.45, 2.75) is 64.2 Å². The maximum atomic E-state index is 12.2. The largest absolute Gasteiger partial charge is 0.380 e. The molecule has 0 radical (unpaired) electrons. The first-order chi connectivity index (χ1) is 10.0. The molecule has 3 heterocycles. The normalized spacial score (nSPS) is 28.1. The highest BCUT2D eigenvalue weighted by molar-refractivity contribution is 6.32. The van der Waals surface area contributed by atoms with Crippen molar-refractivity contribution < 1.29 is 0 Å². The summed E-state index contributed by atoms with van der Waals surface area (Å²) in [6, 6.07) is 1.59. The zero-order chi connectivity index (χ0) is 15.0. The van der Waals surface area contributed by atoms with E-state index in [1.165, 1.54) is 17.5 Å². The molecular formula is C15H23ClN4O. The van der Waals surface area contributed by atoms with Gasteiger partial charge in [-0.15, -0.1) is 0 Å². The smallest absolute Gasteiger partial charge is 0.287 e. The molecule has 2 N–H and O–H groups in total. The summed E-state index contributed by atoms with van der Waals surface area (Å²) in [5.41, 5.74) is 0.472. The predicted octanol–water partition coefficient (Wildman–Crippen LogP) is 2.25. The molecule has 2 unspecified atom stereocenters. The standard InChI is InChI=1S/C15H23ClN4O/c1-9(2)8-20-15(21)14(16)13(7-17-20)19-12-5-10-3-4-11(6-12)18-10/h7,9-12,18-19H,3-6,8H2,1-2H3. The van der Waals surface area contributed by atoms with Crippen molar-refractivity contribution >= 4 is 17.3 Å². The molecule has 5 nitrogen and oxygen atoms in total. The van der Waals surface area contributed by atoms with Gasteiger partial charge in [-0.05, 0) is 31.6 Å². The summed E-state index contributed by atoms with van der Waals surface area (Å²) < 4.78 is 1.45. The van der Waals surface area contributed by atoms with Gasteiger partial charge in [0.05, 0.1) is 11.9 Å². The molecular weight excluding hydrogens is 288 g/mol. The molecule has 2 aliphatic heterocycles. The van der Waals surface area contributed by atoms with Gasteiger partial charge in [-0.1, -0.05) is 25.4 Å². The van der Waals surface area contributed by atoms with Crippen molar-refractivity contribution in [3.8, 4) is 0 Å². The molecule has 2 aliphatic rings. The molecule has 0 saturated carbocycles. The van der Waals surface area contributed by atoms with Gasteiger partial charge in [0.25, 0.3) is 5.56 Å². The number of rotatable bonds is 4. The monoisotopic (exact) mass is 310 g/mol. The summed E-state index contributed by atoms with van der Waals surface area (Å²) in [7, 11) is 0. The number of nitrogens with zero attached hydrogens (tertiary/aromatic N) is 2. The van der Waals surface area contributed by atoms with E-state index in [0.29, 0.717) is 36.3 Å². The molecule has 3 rings (SSSR count). The Hall–Kier alpha value is -1.07. The molecule has 2 saturated heterocycles. The van der Waals surface area contributed by atoms with E-state index in [0.717, 1.165) is 12.8 Å². The van der Waals surface area contributed by atoms with Crippen LogP contribution in [0.5, 0.6) is 0 Å². The molecule has 0 spiro atoms. The van der Waals surface area contributed by atoms with Gasteiger partial charge < -0.3 is 10.6 Å². The van der Waals surface area contributed by atoms with Crippen LogP contribution in [-0.2, 0) is 6.54 Å². The number of hydrogen-bond acceptors (Lipinski definition) is 4. The van der Waals surface area contributed by atoms with Crippen LogP contribution in [0.4, 0.5) is 5.69 Å². The van der Waals surface area contributed by atoms with Crippen molar-refractivity contribution in [2.75, 3.05) is 5.32 Å². The maximum Gasteiger partial charge on any atom is 0.287 e. The average molecular weight is 311 g/mol. The Morgan fingerprint density at radius 1 is 1.43 bits per heavy atom. The second-order valence-corrected chi connectivity index (χ2v) is 7.08. The highest BCUT2D eigenvalue weighted by Gasteiger charge is 2.33. The highest BCUT2D eigenvalue weighted by atomic mass is 35.5. The summed E-state index contributed by atoms with van der Waals surface area (Å²) in [5, 5.41) is 11.5. The van der Waals surface area contributed by atoms with Gasteiger partial charge in [-0.3, -0.25) is 4.79 Å². The van der Waals surface area contributed by atoms with Crippen LogP contribution in [0.15, 0.2) is 11.0 Å². The number of halogens is 1. The van der Waals surface area contributed by atoms with E-state index in [1.54, 1.807) is 6.20 Å². The average Bonchev–Trinajstić information content (AvgIpc) is 2.77. The number of nitrogens with one attached hydrogen (secondary N) is 2. The zero-order valence-electron chi connectivity index (χ0n) is 12.6. The summed E-state index contributed by atoms with van der Waals surface area (Å²) >= 11 is 6.24. The molecule has 6 heteroatoms. The van der Waals surface area contributed by atoms with Crippen LogP contribution < -0.4 is 16.2 Å². The Balaban J connectivity index is 1.74. The molecule has 2 bridgehead atoms. The Morgan fingerprint density at radius 3 is 2.71 bits per heavy atom. The van der Waals surface area contributed by atoms with Crippen molar-refractivity contribution in [2.24, 2.45) is 5.92 Å². The van der Waals surface area contributed by atoms with Crippen LogP contribution in [0.3, 0.4) is 0 Å². The lowest BCUT2D eigenvalue weighted by molar-refractivity contribution is 0.378. The minimum atomic E-state index is -0.202. The Morgan fingerprint density at radius 2 is 2.10 bits per heavy atom. The third-order valence-corrected chi connectivity index (χ3v) is 4.72. The van der Waals surface area contributed by atoms with E-state index < -0.39 is 0 Å². The molecule has 0 aliphatic carbocycles. The zero-order valence-corrected chi connectivity index (χ0v) is 13.4. The third-order valence-electron chi connectivity index (χ3n) is 4.36. The van der Waals surface area contributed by atoms with Crippen molar-refractivity contribution in [1.82, 2.24) is 15.1 Å². The molecule has 2 atom stereocenters. The lowest BCUT2D eigenvalue weighted by Crippen LogP contribution is -2.43. The Kier molecular flexibility index (Phi) is 4.22. The first-order valence-electron chi connectivity index (χ1n) is 7.81. The minimum Gasteiger partial charge on any atom is -0.380 e. The van der Waals surface area contributed by atoms with Gasteiger partial charge in [0.1, 0.15) is 5.02 Å². The molecule has 0 amide bonds. The third kappa shape index (κ3) is 3.24. The molecule has 2 fully saturated rings. The molecule has 21 heavy (non-hydrogen) atoms. The molecule has 1 aromatic rings. The van der Waals surface area contributed by atoms with Gasteiger partial charge in [0.2, 0.25) is 0 Å². The van der Waals surface area contributed by atoms with Crippen molar-refractivity contribution in [3.63, 3.8) is 0 Å². The number of piperidine rings is 1. The van der Waals surface area contributed by atoms with Gasteiger partial charge in [-0.2, -0.15) is 5.10 Å². The van der Waals surface area contributed by atoms with Gasteiger partial charge in [0, 0.05) is 24.7 Å². The second-order valence-electron chi connectivity index (χ2n) is 6.70. The van der Waals surface area contributed by atoms with E-state index in [1.807, 2.05) is 0 Å². The lowest BCUT2D eigenvalue weighted by Gasteiger charge is -2.30. The van der Waals surface area contributed by atoms with E-state index >= 15 is 0 Å². The van der Waals surface area contributed by atoms with Gasteiger partial charge >= 0.3 is 0 Å². The van der Waals surface area contributed by atoms with E-state index in [4.69, 9.17) is 11.6 Å². The first-order valence-corrected chi connectivity index (χ1v) is 8.19. The van der Waals surface area contributed by atoms with E-state index in [2.05, 4.69) is 29.6 Å². The topological polar surface area (TPSA) is 59.0 Å².